The number of aryl methyl sites for hydroxylation is 1. The van der Waals surface area contributed by atoms with E-state index in [4.69, 9.17) is 0 Å². The van der Waals surface area contributed by atoms with Crippen molar-refractivity contribution in [3.63, 3.8) is 0 Å². The quantitative estimate of drug-likeness (QED) is 0.792. The number of hydrogen-bond donors (Lipinski definition) is 1. The smallest absolute Gasteiger partial charge is 0.194 e. The minimum Gasteiger partial charge on any atom is -0.396 e. The number of nitrogens with zero attached hydrogens (tertiary/aromatic N) is 2. The van der Waals surface area contributed by atoms with Crippen LogP contribution in [-0.4, -0.2) is 21.1 Å². The molecule has 0 atom stereocenters. The van der Waals surface area contributed by atoms with Gasteiger partial charge in [0.25, 0.3) is 0 Å². The van der Waals surface area contributed by atoms with Gasteiger partial charge in [0.1, 0.15) is 0 Å². The minimum absolute atomic E-state index is 0.170. The Morgan fingerprint density at radius 1 is 1.26 bits per heavy atom. The summed E-state index contributed by atoms with van der Waals surface area (Å²) in [7, 11) is 0. The first-order chi connectivity index (χ1) is 9.33. The number of rotatable bonds is 4. The summed E-state index contributed by atoms with van der Waals surface area (Å²) < 4.78 is 2.11. The van der Waals surface area contributed by atoms with Crippen molar-refractivity contribution < 1.29 is 5.11 Å². The van der Waals surface area contributed by atoms with Gasteiger partial charge in [-0.15, -0.1) is 11.3 Å². The Hall–Kier alpha value is -1.65. The van der Waals surface area contributed by atoms with Crippen LogP contribution in [0.5, 0.6) is 0 Å². The molecular weight excluding hydrogens is 256 g/mol. The molecule has 0 saturated heterocycles. The average molecular weight is 272 g/mol. The van der Waals surface area contributed by atoms with Gasteiger partial charge in [-0.3, -0.25) is 4.40 Å². The SMILES string of the molecule is CCc1ccc(-c2c(CCO)sc3nccn23)cc1. The van der Waals surface area contributed by atoms with E-state index in [1.54, 1.807) is 11.3 Å². The molecule has 1 aromatic carbocycles. The van der Waals surface area contributed by atoms with Crippen LogP contribution in [0.3, 0.4) is 0 Å². The van der Waals surface area contributed by atoms with Crippen LogP contribution in [0.4, 0.5) is 0 Å². The highest BCUT2D eigenvalue weighted by Crippen LogP contribution is 2.31. The summed E-state index contributed by atoms with van der Waals surface area (Å²) >= 11 is 1.65. The van der Waals surface area contributed by atoms with Gasteiger partial charge in [-0.25, -0.2) is 4.98 Å². The number of thiazole rings is 1. The summed E-state index contributed by atoms with van der Waals surface area (Å²) in [5.41, 5.74) is 3.68. The highest BCUT2D eigenvalue weighted by Gasteiger charge is 2.14. The normalized spacial score (nSPS) is 11.3. The molecule has 0 unspecified atom stereocenters. The van der Waals surface area contributed by atoms with Gasteiger partial charge < -0.3 is 5.11 Å². The van der Waals surface area contributed by atoms with Gasteiger partial charge in [0.15, 0.2) is 4.96 Å². The molecule has 3 nitrogen and oxygen atoms in total. The molecule has 0 bridgehead atoms. The molecule has 0 radical (unpaired) electrons. The molecular formula is C15H16N2OS. The van der Waals surface area contributed by atoms with Crippen LogP contribution in [0.2, 0.25) is 0 Å². The van der Waals surface area contributed by atoms with Gasteiger partial charge in [-0.2, -0.15) is 0 Å². The molecule has 3 rings (SSSR count). The Kier molecular flexibility index (Phi) is 3.36. The van der Waals surface area contributed by atoms with E-state index in [1.165, 1.54) is 16.0 Å². The van der Waals surface area contributed by atoms with Gasteiger partial charge in [-0.1, -0.05) is 31.2 Å². The van der Waals surface area contributed by atoms with Crippen molar-refractivity contribution in [2.45, 2.75) is 19.8 Å². The molecule has 0 aliphatic rings. The zero-order valence-electron chi connectivity index (χ0n) is 10.8. The molecule has 0 fully saturated rings. The standard InChI is InChI=1S/C15H16N2OS/c1-2-11-3-5-12(6-4-11)14-13(7-10-18)19-15-16-8-9-17(14)15/h3-6,8-9,18H,2,7,10H2,1H3. The number of fused-ring (bicyclic) bond motifs is 1. The zero-order chi connectivity index (χ0) is 13.2. The summed E-state index contributed by atoms with van der Waals surface area (Å²) in [5.74, 6) is 0. The van der Waals surface area contributed by atoms with Gasteiger partial charge in [-0.05, 0) is 17.5 Å². The Morgan fingerprint density at radius 2 is 2.05 bits per heavy atom. The van der Waals surface area contributed by atoms with Crippen molar-refractivity contribution in [1.82, 2.24) is 9.38 Å². The van der Waals surface area contributed by atoms with Crippen LogP contribution in [0.1, 0.15) is 17.4 Å². The summed E-state index contributed by atoms with van der Waals surface area (Å²) in [6, 6.07) is 8.64. The molecule has 3 aromatic rings. The van der Waals surface area contributed by atoms with Crippen LogP contribution in [-0.2, 0) is 12.8 Å². The van der Waals surface area contributed by atoms with Crippen LogP contribution >= 0.6 is 11.3 Å². The number of aliphatic hydroxyl groups is 1. The highest BCUT2D eigenvalue weighted by molar-refractivity contribution is 7.17. The van der Waals surface area contributed by atoms with Crippen molar-refractivity contribution in [2.75, 3.05) is 6.61 Å². The number of aliphatic hydroxyl groups excluding tert-OH is 1. The fourth-order valence-corrected chi connectivity index (χ4v) is 3.39. The first kappa shape index (κ1) is 12.4. The summed E-state index contributed by atoms with van der Waals surface area (Å²) in [5, 5.41) is 9.21. The van der Waals surface area contributed by atoms with E-state index in [0.717, 1.165) is 17.1 Å². The molecule has 0 aliphatic heterocycles. The summed E-state index contributed by atoms with van der Waals surface area (Å²) in [6.45, 7) is 2.33. The lowest BCUT2D eigenvalue weighted by Gasteiger charge is -2.05. The lowest BCUT2D eigenvalue weighted by Crippen LogP contribution is -1.93. The van der Waals surface area contributed by atoms with Gasteiger partial charge >= 0.3 is 0 Å². The predicted octanol–water partition coefficient (Wildman–Crippen LogP) is 3.16. The number of aromatic nitrogens is 2. The van der Waals surface area contributed by atoms with Crippen LogP contribution in [0.25, 0.3) is 16.2 Å². The molecule has 98 valence electrons. The molecule has 0 aliphatic carbocycles. The van der Waals surface area contributed by atoms with E-state index in [2.05, 4.69) is 40.6 Å². The third-order valence-electron chi connectivity index (χ3n) is 3.30. The lowest BCUT2D eigenvalue weighted by molar-refractivity contribution is 0.300. The van der Waals surface area contributed by atoms with Crippen molar-refractivity contribution in [1.29, 1.82) is 0 Å². The number of imidazole rings is 1. The Bertz CT molecular complexity index is 682. The first-order valence-electron chi connectivity index (χ1n) is 6.48. The Morgan fingerprint density at radius 3 is 2.74 bits per heavy atom. The Labute approximate surface area is 116 Å². The highest BCUT2D eigenvalue weighted by atomic mass is 32.1. The largest absolute Gasteiger partial charge is 0.396 e. The second kappa shape index (κ2) is 5.15. The van der Waals surface area contributed by atoms with E-state index in [1.807, 2.05) is 12.4 Å². The molecule has 0 saturated carbocycles. The molecule has 0 amide bonds. The molecule has 4 heteroatoms. The fraction of sp³-hybridized carbons (Fsp3) is 0.267. The number of hydrogen-bond acceptors (Lipinski definition) is 3. The second-order valence-corrected chi connectivity index (χ2v) is 5.54. The lowest BCUT2D eigenvalue weighted by atomic mass is 10.1. The molecule has 0 spiro atoms. The van der Waals surface area contributed by atoms with Gasteiger partial charge in [0.2, 0.25) is 0 Å². The molecule has 19 heavy (non-hydrogen) atoms. The van der Waals surface area contributed by atoms with E-state index >= 15 is 0 Å². The van der Waals surface area contributed by atoms with Crippen molar-refractivity contribution >= 4 is 16.3 Å². The van der Waals surface area contributed by atoms with Crippen molar-refractivity contribution in [2.24, 2.45) is 0 Å². The van der Waals surface area contributed by atoms with E-state index in [9.17, 15) is 5.11 Å². The fourth-order valence-electron chi connectivity index (χ4n) is 2.30. The van der Waals surface area contributed by atoms with E-state index in [-0.39, 0.29) is 6.61 Å². The predicted molar refractivity (Wildman–Crippen MR) is 78.7 cm³/mol. The summed E-state index contributed by atoms with van der Waals surface area (Å²) in [4.78, 5) is 6.52. The molecule has 1 N–H and O–H groups in total. The van der Waals surface area contributed by atoms with E-state index in [0.29, 0.717) is 6.42 Å². The average Bonchev–Trinajstić information content (AvgIpc) is 3.00. The van der Waals surface area contributed by atoms with Crippen LogP contribution in [0, 0.1) is 0 Å². The molecule has 2 heterocycles. The summed E-state index contributed by atoms with van der Waals surface area (Å²) in [6.07, 6.45) is 5.53. The monoisotopic (exact) mass is 272 g/mol. The maximum absolute atomic E-state index is 9.21. The number of benzene rings is 1. The van der Waals surface area contributed by atoms with Crippen LogP contribution in [0.15, 0.2) is 36.7 Å². The van der Waals surface area contributed by atoms with Crippen molar-refractivity contribution in [3.05, 3.63) is 47.1 Å². The first-order valence-corrected chi connectivity index (χ1v) is 7.30. The third kappa shape index (κ3) is 2.17. The maximum atomic E-state index is 9.21. The molecule has 2 aromatic heterocycles. The Balaban J connectivity index is 2.14. The topological polar surface area (TPSA) is 37.5 Å². The second-order valence-electron chi connectivity index (χ2n) is 4.48. The third-order valence-corrected chi connectivity index (χ3v) is 4.43. The van der Waals surface area contributed by atoms with Gasteiger partial charge in [0, 0.05) is 30.3 Å². The zero-order valence-corrected chi connectivity index (χ0v) is 11.7. The minimum atomic E-state index is 0.170. The van der Waals surface area contributed by atoms with Crippen molar-refractivity contribution in [3.8, 4) is 11.3 Å². The van der Waals surface area contributed by atoms with Gasteiger partial charge in [0.05, 0.1) is 5.69 Å². The maximum Gasteiger partial charge on any atom is 0.194 e. The van der Waals surface area contributed by atoms with Crippen LogP contribution < -0.4 is 0 Å². The van der Waals surface area contributed by atoms with E-state index < -0.39 is 0 Å².